The lowest BCUT2D eigenvalue weighted by atomic mass is 10.3. The fraction of sp³-hybridized carbons (Fsp3) is 1.00. The van der Waals surface area contributed by atoms with E-state index < -0.39 is 10.3 Å². The van der Waals surface area contributed by atoms with Crippen LogP contribution < -0.4 is 0 Å². The van der Waals surface area contributed by atoms with Crippen molar-refractivity contribution >= 4 is 10.3 Å². The van der Waals surface area contributed by atoms with Gasteiger partial charge in [0.05, 0.1) is 0 Å². The smallest absolute Gasteiger partial charge is 0.00150 e. The first kappa shape index (κ1) is 6.43. The molecule has 0 spiro atoms. The molecule has 0 aromatic carbocycles. The molecule has 0 aromatic rings. The summed E-state index contributed by atoms with van der Waals surface area (Å²) < 4.78 is 9.46. The average Bonchev–Trinajstić information content (AvgIpc) is 1.65. The molecule has 1 saturated heterocycles. The van der Waals surface area contributed by atoms with Crippen LogP contribution in [0.4, 0.5) is 0 Å². The molecule has 0 aliphatic carbocycles. The van der Waals surface area contributed by atoms with Gasteiger partial charge in [-0.3, -0.25) is 0 Å². The molecule has 1 aliphatic heterocycles. The molecule has 2 heteroatoms. The van der Waals surface area contributed by atoms with E-state index in [0.717, 1.165) is 11.5 Å². The summed E-state index contributed by atoms with van der Waals surface area (Å²) in [4.78, 5) is 0. The molecule has 0 aromatic heterocycles. The Morgan fingerprint density at radius 3 is 1.88 bits per heavy atom. The molecular weight excluding hydrogens is 120 g/mol. The molecule has 8 heavy (non-hydrogen) atoms. The van der Waals surface area contributed by atoms with Gasteiger partial charge in [-0.15, -0.1) is 10.3 Å². The van der Waals surface area contributed by atoms with Crippen LogP contribution in [-0.2, 0) is 0 Å². The van der Waals surface area contributed by atoms with Gasteiger partial charge >= 0.3 is 0 Å². The van der Waals surface area contributed by atoms with Gasteiger partial charge in [0.25, 0.3) is 0 Å². The summed E-state index contributed by atoms with van der Waals surface area (Å²) in [6.07, 6.45) is 5.86. The quantitative estimate of drug-likeness (QED) is 0.538. The molecule has 0 unspecified atom stereocenters. The highest BCUT2D eigenvalue weighted by atomic mass is 32.3. The van der Waals surface area contributed by atoms with Crippen molar-refractivity contribution in [1.29, 1.82) is 0 Å². The summed E-state index contributed by atoms with van der Waals surface area (Å²) in [6.45, 7) is 0. The van der Waals surface area contributed by atoms with Crippen LogP contribution in [-0.4, -0.2) is 22.3 Å². The van der Waals surface area contributed by atoms with Gasteiger partial charge in [-0.2, -0.15) is 0 Å². The number of hydrogen-bond acceptors (Lipinski definition) is 1. The Hall–Kier alpha value is 0.310. The van der Waals surface area contributed by atoms with Crippen molar-refractivity contribution in [3.63, 3.8) is 0 Å². The van der Waals surface area contributed by atoms with E-state index in [2.05, 4.69) is 0 Å². The average molecular weight is 134 g/mol. The van der Waals surface area contributed by atoms with Crippen LogP contribution in [0.3, 0.4) is 0 Å². The first-order chi connectivity index (χ1) is 3.71. The van der Waals surface area contributed by atoms with E-state index in [9.17, 15) is 4.55 Å². The minimum absolute atomic E-state index is 1.08. The fourth-order valence-corrected chi connectivity index (χ4v) is 2.96. The maximum Gasteiger partial charge on any atom is -0.00150 e. The standard InChI is InChI=1S/C6H14OS/c1-8(7)5-3-2-4-6-8/h7H,2-6H2,1H3. The summed E-state index contributed by atoms with van der Waals surface area (Å²) in [5, 5.41) is 0. The highest BCUT2D eigenvalue weighted by Gasteiger charge is 2.16. The van der Waals surface area contributed by atoms with Crippen molar-refractivity contribution in [2.45, 2.75) is 19.3 Å². The van der Waals surface area contributed by atoms with Gasteiger partial charge in [0.1, 0.15) is 0 Å². The van der Waals surface area contributed by atoms with Gasteiger partial charge < -0.3 is 4.55 Å². The molecule has 0 radical (unpaired) electrons. The van der Waals surface area contributed by atoms with E-state index in [1.165, 1.54) is 19.3 Å². The SMILES string of the molecule is CS1(O)CCCCC1. The molecule has 1 fully saturated rings. The van der Waals surface area contributed by atoms with Crippen molar-refractivity contribution in [1.82, 2.24) is 0 Å². The largest absolute Gasteiger partial charge is 0.352 e. The highest BCUT2D eigenvalue weighted by molar-refractivity contribution is 8.28. The highest BCUT2D eigenvalue weighted by Crippen LogP contribution is 2.44. The van der Waals surface area contributed by atoms with Crippen LogP contribution in [0.5, 0.6) is 0 Å². The predicted octanol–water partition coefficient (Wildman–Crippen LogP) is 2.08. The van der Waals surface area contributed by atoms with Gasteiger partial charge in [0.15, 0.2) is 0 Å². The van der Waals surface area contributed by atoms with E-state index in [4.69, 9.17) is 0 Å². The van der Waals surface area contributed by atoms with Crippen molar-refractivity contribution in [3.05, 3.63) is 0 Å². The van der Waals surface area contributed by atoms with Crippen LogP contribution >= 0.6 is 10.3 Å². The molecule has 1 nitrogen and oxygen atoms in total. The van der Waals surface area contributed by atoms with Crippen LogP contribution in [0.1, 0.15) is 19.3 Å². The predicted molar refractivity (Wildman–Crippen MR) is 39.7 cm³/mol. The normalized spacial score (nSPS) is 31.8. The first-order valence-corrected chi connectivity index (χ1v) is 5.50. The Morgan fingerprint density at radius 2 is 1.62 bits per heavy atom. The van der Waals surface area contributed by atoms with Crippen LogP contribution in [0, 0.1) is 0 Å². The van der Waals surface area contributed by atoms with E-state index in [1.54, 1.807) is 0 Å². The zero-order chi connectivity index (χ0) is 6.04. The van der Waals surface area contributed by atoms with Crippen molar-refractivity contribution in [2.75, 3.05) is 17.8 Å². The van der Waals surface area contributed by atoms with Crippen LogP contribution in [0.15, 0.2) is 0 Å². The third-order valence-corrected chi connectivity index (χ3v) is 4.00. The van der Waals surface area contributed by atoms with Crippen LogP contribution in [0.25, 0.3) is 0 Å². The lowest BCUT2D eigenvalue weighted by Gasteiger charge is -2.32. The van der Waals surface area contributed by atoms with E-state index in [1.807, 2.05) is 6.26 Å². The minimum Gasteiger partial charge on any atom is -0.352 e. The second-order valence-electron chi connectivity index (χ2n) is 2.69. The molecule has 0 saturated carbocycles. The van der Waals surface area contributed by atoms with Crippen LogP contribution in [0.2, 0.25) is 0 Å². The van der Waals surface area contributed by atoms with Gasteiger partial charge in [-0.05, 0) is 30.6 Å². The summed E-state index contributed by atoms with van der Waals surface area (Å²) in [6, 6.07) is 0. The Kier molecular flexibility index (Phi) is 1.83. The van der Waals surface area contributed by atoms with Gasteiger partial charge in [0.2, 0.25) is 0 Å². The summed E-state index contributed by atoms with van der Waals surface area (Å²) in [5.41, 5.74) is 0. The lowest BCUT2D eigenvalue weighted by Crippen LogP contribution is -2.11. The molecule has 1 aliphatic rings. The maximum absolute atomic E-state index is 9.46. The van der Waals surface area contributed by atoms with E-state index in [0.29, 0.717) is 0 Å². The second kappa shape index (κ2) is 2.28. The first-order valence-electron chi connectivity index (χ1n) is 3.17. The molecular formula is C6H14OS. The number of rotatable bonds is 0. The third-order valence-electron chi connectivity index (χ3n) is 1.67. The Morgan fingerprint density at radius 1 is 1.12 bits per heavy atom. The van der Waals surface area contributed by atoms with Gasteiger partial charge in [-0.1, -0.05) is 6.42 Å². The second-order valence-corrected chi connectivity index (χ2v) is 5.95. The molecule has 1 N–H and O–H groups in total. The Labute approximate surface area is 52.6 Å². The summed E-state index contributed by atoms with van der Waals surface area (Å²) >= 11 is 0. The molecule has 0 amide bonds. The molecule has 0 bridgehead atoms. The van der Waals surface area contributed by atoms with Gasteiger partial charge in [-0.25, -0.2) is 0 Å². The molecule has 50 valence electrons. The van der Waals surface area contributed by atoms with Crippen molar-refractivity contribution < 1.29 is 4.55 Å². The summed E-state index contributed by atoms with van der Waals surface area (Å²) in [7, 11) is -1.08. The Balaban J connectivity index is 2.33. The Bertz CT molecular complexity index is 72.6. The minimum atomic E-state index is -1.08. The maximum atomic E-state index is 9.46. The van der Waals surface area contributed by atoms with E-state index in [-0.39, 0.29) is 0 Å². The number of hydrogen-bond donors (Lipinski definition) is 1. The van der Waals surface area contributed by atoms with E-state index >= 15 is 0 Å². The monoisotopic (exact) mass is 134 g/mol. The molecule has 0 atom stereocenters. The summed E-state index contributed by atoms with van der Waals surface area (Å²) in [5.74, 6) is 2.18. The van der Waals surface area contributed by atoms with Crippen molar-refractivity contribution in [3.8, 4) is 0 Å². The zero-order valence-corrected chi connectivity index (χ0v) is 6.21. The fourth-order valence-electron chi connectivity index (χ4n) is 1.10. The third kappa shape index (κ3) is 1.67. The molecule has 1 heterocycles. The topological polar surface area (TPSA) is 20.2 Å². The van der Waals surface area contributed by atoms with Crippen molar-refractivity contribution in [2.24, 2.45) is 0 Å². The molecule has 1 rings (SSSR count). The lowest BCUT2D eigenvalue weighted by molar-refractivity contribution is 0.601. The zero-order valence-electron chi connectivity index (χ0n) is 5.39. The van der Waals surface area contributed by atoms with Gasteiger partial charge in [0, 0.05) is 0 Å².